The number of hydrogen-bond donors (Lipinski definition) is 1. The molecule has 0 radical (unpaired) electrons. The molecular weight excluding hydrogens is 406 g/mol. The van der Waals surface area contributed by atoms with Crippen molar-refractivity contribution in [3.05, 3.63) is 71.8 Å². The first-order chi connectivity index (χ1) is 15.7. The minimum Gasteiger partial charge on any atom is -0.496 e. The fraction of sp³-hybridized carbons (Fsp3) is 0.292. The van der Waals surface area contributed by atoms with Crippen LogP contribution < -0.4 is 15.0 Å². The number of morpholine rings is 1. The molecule has 164 valence electrons. The van der Waals surface area contributed by atoms with Crippen molar-refractivity contribution in [3.63, 3.8) is 0 Å². The molecule has 3 heterocycles. The number of benzene rings is 2. The van der Waals surface area contributed by atoms with Gasteiger partial charge in [0.1, 0.15) is 11.6 Å². The normalized spacial score (nSPS) is 15.3. The minimum absolute atomic E-state index is 0.169. The van der Waals surface area contributed by atoms with Gasteiger partial charge in [-0.2, -0.15) is 0 Å². The number of anilines is 1. The van der Waals surface area contributed by atoms with E-state index in [9.17, 15) is 4.79 Å². The van der Waals surface area contributed by atoms with Gasteiger partial charge in [-0.25, -0.2) is 9.98 Å². The summed E-state index contributed by atoms with van der Waals surface area (Å²) < 4.78 is 13.0. The van der Waals surface area contributed by atoms with Gasteiger partial charge in [0.15, 0.2) is 0 Å². The van der Waals surface area contributed by atoms with Crippen LogP contribution >= 0.6 is 0 Å². The van der Waals surface area contributed by atoms with Crippen molar-refractivity contribution in [3.8, 4) is 5.75 Å². The van der Waals surface area contributed by atoms with E-state index in [-0.39, 0.29) is 5.91 Å². The van der Waals surface area contributed by atoms with Gasteiger partial charge in [-0.3, -0.25) is 4.79 Å². The number of carbonyl (C=O) groups excluding carboxylic acids is 1. The Morgan fingerprint density at radius 2 is 1.97 bits per heavy atom. The van der Waals surface area contributed by atoms with Gasteiger partial charge in [-0.15, -0.1) is 0 Å². The van der Waals surface area contributed by atoms with Gasteiger partial charge in [0.2, 0.25) is 0 Å². The Hall–Kier alpha value is -3.65. The van der Waals surface area contributed by atoms with Crippen LogP contribution in [-0.4, -0.2) is 54.7 Å². The number of aliphatic imine (C=N–C) groups is 1. The van der Waals surface area contributed by atoms with Crippen LogP contribution in [0, 0.1) is 0 Å². The van der Waals surface area contributed by atoms with Gasteiger partial charge in [0.05, 0.1) is 38.0 Å². The summed E-state index contributed by atoms with van der Waals surface area (Å²) in [7, 11) is 1.66. The number of carbonyl (C=O) groups is 1. The van der Waals surface area contributed by atoms with Gasteiger partial charge in [-0.05, 0) is 29.8 Å². The smallest absolute Gasteiger partial charge is 0.256 e. The Bertz CT molecular complexity index is 1130. The third-order valence-electron chi connectivity index (χ3n) is 5.78. The molecule has 32 heavy (non-hydrogen) atoms. The Kier molecular flexibility index (Phi) is 5.60. The van der Waals surface area contributed by atoms with Gasteiger partial charge < -0.3 is 24.3 Å². The number of hydrogen-bond acceptors (Lipinski definition) is 6. The summed E-state index contributed by atoms with van der Waals surface area (Å²) in [5.41, 5.74) is 4.63. The number of nitrogens with one attached hydrogen (secondary N) is 1. The van der Waals surface area contributed by atoms with E-state index >= 15 is 0 Å². The monoisotopic (exact) mass is 431 g/mol. The second-order valence-electron chi connectivity index (χ2n) is 7.83. The Morgan fingerprint density at radius 3 is 2.69 bits per heavy atom. The third kappa shape index (κ3) is 4.09. The van der Waals surface area contributed by atoms with Crippen LogP contribution in [0.5, 0.6) is 5.75 Å². The van der Waals surface area contributed by atoms with Crippen molar-refractivity contribution in [2.75, 3.05) is 38.3 Å². The highest BCUT2D eigenvalue weighted by atomic mass is 16.5. The first-order valence-electron chi connectivity index (χ1n) is 10.7. The number of imidazole rings is 1. The van der Waals surface area contributed by atoms with Crippen molar-refractivity contribution >= 4 is 23.1 Å². The molecule has 1 amide bonds. The van der Waals surface area contributed by atoms with E-state index in [0.717, 1.165) is 41.3 Å². The first kappa shape index (κ1) is 20.3. The minimum atomic E-state index is -0.169. The zero-order chi connectivity index (χ0) is 21.9. The van der Waals surface area contributed by atoms with Crippen molar-refractivity contribution in [1.82, 2.24) is 14.9 Å². The predicted molar refractivity (Wildman–Crippen MR) is 122 cm³/mol. The van der Waals surface area contributed by atoms with Crippen LogP contribution in [0.2, 0.25) is 0 Å². The lowest BCUT2D eigenvalue weighted by atomic mass is 10.1. The molecule has 8 heteroatoms. The molecule has 3 aromatic rings. The summed E-state index contributed by atoms with van der Waals surface area (Å²) in [5, 5.41) is 2.99. The molecule has 1 fully saturated rings. The summed E-state index contributed by atoms with van der Waals surface area (Å²) in [6.07, 6.45) is 5.97. The van der Waals surface area contributed by atoms with Crippen LogP contribution in [0.4, 0.5) is 11.4 Å². The lowest BCUT2D eigenvalue weighted by Crippen LogP contribution is -2.36. The van der Waals surface area contributed by atoms with Crippen molar-refractivity contribution in [2.45, 2.75) is 13.0 Å². The lowest BCUT2D eigenvalue weighted by molar-refractivity contribution is 0.0976. The number of aromatic nitrogens is 2. The maximum atomic E-state index is 12.9. The van der Waals surface area contributed by atoms with E-state index in [0.29, 0.717) is 37.6 Å². The second-order valence-corrected chi connectivity index (χ2v) is 7.83. The molecule has 1 N–H and O–H groups in total. The Balaban J connectivity index is 1.32. The van der Waals surface area contributed by atoms with Gasteiger partial charge >= 0.3 is 0 Å². The standard InChI is InChI=1S/C24H25N5O3/c1-31-21-7-6-20(29-10-12-32-13-11-29)23-19(21)14-22(26-23)27-24(30)18-4-2-17(3-5-18)15-28-9-8-25-16-28/h2-9,16H,10-15H2,1H3,(H,26,27,30). The quantitative estimate of drug-likeness (QED) is 0.672. The largest absolute Gasteiger partial charge is 0.496 e. The van der Waals surface area contributed by atoms with E-state index in [1.54, 1.807) is 19.6 Å². The number of rotatable bonds is 5. The highest BCUT2D eigenvalue weighted by molar-refractivity contribution is 6.10. The Morgan fingerprint density at radius 1 is 1.16 bits per heavy atom. The molecule has 0 spiro atoms. The maximum Gasteiger partial charge on any atom is 0.256 e. The van der Waals surface area contributed by atoms with Gasteiger partial charge in [0.25, 0.3) is 5.91 Å². The molecule has 2 aromatic carbocycles. The molecule has 1 aromatic heterocycles. The van der Waals surface area contributed by atoms with E-state index in [1.807, 2.05) is 47.2 Å². The molecule has 1 saturated heterocycles. The van der Waals surface area contributed by atoms with E-state index in [2.05, 4.69) is 15.2 Å². The molecule has 2 aliphatic heterocycles. The highest BCUT2D eigenvalue weighted by Crippen LogP contribution is 2.42. The number of fused-ring (bicyclic) bond motifs is 1. The predicted octanol–water partition coefficient (Wildman–Crippen LogP) is 2.79. The number of amidine groups is 1. The molecule has 0 unspecified atom stereocenters. The average Bonchev–Trinajstić information content (AvgIpc) is 3.49. The number of amides is 1. The third-order valence-corrected chi connectivity index (χ3v) is 5.78. The van der Waals surface area contributed by atoms with Crippen LogP contribution in [0.15, 0.2) is 60.1 Å². The van der Waals surface area contributed by atoms with Crippen molar-refractivity contribution < 1.29 is 14.3 Å². The van der Waals surface area contributed by atoms with Crippen LogP contribution in [0.1, 0.15) is 21.5 Å². The average molecular weight is 431 g/mol. The van der Waals surface area contributed by atoms with Gasteiger partial charge in [-0.1, -0.05) is 12.1 Å². The van der Waals surface area contributed by atoms with Crippen LogP contribution in [0.25, 0.3) is 0 Å². The summed E-state index contributed by atoms with van der Waals surface area (Å²) in [4.78, 5) is 24.0. The SMILES string of the molecule is COc1ccc(N2CCOCC2)c2c1CC(NC(=O)c1ccc(Cn3ccnc3)cc1)=N2. The second kappa shape index (κ2) is 8.84. The van der Waals surface area contributed by atoms with E-state index in [4.69, 9.17) is 14.5 Å². The lowest BCUT2D eigenvalue weighted by Gasteiger charge is -2.30. The first-order valence-corrected chi connectivity index (χ1v) is 10.7. The molecule has 0 atom stereocenters. The van der Waals surface area contributed by atoms with Crippen LogP contribution in [0.3, 0.4) is 0 Å². The Labute approximate surface area is 186 Å². The van der Waals surface area contributed by atoms with E-state index < -0.39 is 0 Å². The molecule has 0 bridgehead atoms. The molecule has 0 saturated carbocycles. The van der Waals surface area contributed by atoms with Crippen LogP contribution in [-0.2, 0) is 17.7 Å². The number of nitrogens with zero attached hydrogens (tertiary/aromatic N) is 4. The maximum absolute atomic E-state index is 12.9. The highest BCUT2D eigenvalue weighted by Gasteiger charge is 2.26. The zero-order valence-electron chi connectivity index (χ0n) is 18.0. The van der Waals surface area contributed by atoms with Crippen molar-refractivity contribution in [2.24, 2.45) is 4.99 Å². The molecule has 0 aliphatic carbocycles. The zero-order valence-corrected chi connectivity index (χ0v) is 18.0. The van der Waals surface area contributed by atoms with Gasteiger partial charge in [0, 0.05) is 49.6 Å². The summed E-state index contributed by atoms with van der Waals surface area (Å²) >= 11 is 0. The summed E-state index contributed by atoms with van der Waals surface area (Å²) in [6, 6.07) is 11.6. The molecular formula is C24H25N5O3. The number of ether oxygens (including phenoxy) is 2. The molecule has 2 aliphatic rings. The van der Waals surface area contributed by atoms with E-state index in [1.165, 1.54) is 0 Å². The fourth-order valence-electron chi connectivity index (χ4n) is 4.12. The fourth-order valence-corrected chi connectivity index (χ4v) is 4.12. The topological polar surface area (TPSA) is 81.0 Å². The summed E-state index contributed by atoms with van der Waals surface area (Å²) in [6.45, 7) is 3.76. The van der Waals surface area contributed by atoms with Crippen molar-refractivity contribution in [1.29, 1.82) is 0 Å². The molecule has 5 rings (SSSR count). The summed E-state index contributed by atoms with van der Waals surface area (Å²) in [5.74, 6) is 1.25. The molecule has 8 nitrogen and oxygen atoms in total. The number of methoxy groups -OCH3 is 1.